The van der Waals surface area contributed by atoms with Crippen LogP contribution >= 0.6 is 23.6 Å². The number of benzene rings is 4. The molecular weight excluding hydrogens is 601 g/mol. The van der Waals surface area contributed by atoms with Gasteiger partial charge in [0.25, 0.3) is 11.8 Å². The smallest absolute Gasteiger partial charge is 0.257 e. The van der Waals surface area contributed by atoms with Gasteiger partial charge in [-0.2, -0.15) is 0 Å². The van der Waals surface area contributed by atoms with Gasteiger partial charge in [-0.15, -0.1) is 0 Å². The third-order valence-electron chi connectivity index (χ3n) is 6.01. The number of hydrogen-bond acceptors (Lipinski definition) is 9. The molecule has 226 valence electrons. The first-order chi connectivity index (χ1) is 21.3. The maximum Gasteiger partial charge on any atom is 0.257 e. The van der Waals surface area contributed by atoms with E-state index in [1.807, 2.05) is 30.3 Å². The molecule has 44 heavy (non-hydrogen) atoms. The first kappa shape index (κ1) is 31.7. The molecule has 4 aromatic carbocycles. The van der Waals surface area contributed by atoms with Crippen LogP contribution in [-0.4, -0.2) is 50.3 Å². The summed E-state index contributed by atoms with van der Waals surface area (Å²) in [4.78, 5) is 28.6. The van der Waals surface area contributed by atoms with E-state index in [4.69, 9.17) is 31.2 Å². The molecule has 12 heteroatoms. The Balaban J connectivity index is 0.000000201. The molecule has 0 aliphatic rings. The summed E-state index contributed by atoms with van der Waals surface area (Å²) in [5, 5.41) is 9.08. The van der Waals surface area contributed by atoms with E-state index in [1.165, 1.54) is 11.3 Å². The van der Waals surface area contributed by atoms with Crippen molar-refractivity contribution in [1.29, 1.82) is 0 Å². The van der Waals surface area contributed by atoms with Crippen LogP contribution in [0.1, 0.15) is 20.7 Å². The van der Waals surface area contributed by atoms with Crippen LogP contribution in [0.3, 0.4) is 0 Å². The molecular formula is C32H30N4O6S2. The van der Waals surface area contributed by atoms with E-state index >= 15 is 0 Å². The molecule has 0 saturated heterocycles. The summed E-state index contributed by atoms with van der Waals surface area (Å²) < 4.78 is 21.8. The Labute approximate surface area is 263 Å². The van der Waals surface area contributed by atoms with Gasteiger partial charge in [0, 0.05) is 47.1 Å². The molecule has 0 aliphatic heterocycles. The molecule has 0 aliphatic carbocycles. The van der Waals surface area contributed by atoms with E-state index < -0.39 is 0 Å². The van der Waals surface area contributed by atoms with Gasteiger partial charge < -0.3 is 24.3 Å². The van der Waals surface area contributed by atoms with Gasteiger partial charge in [0.2, 0.25) is 0 Å². The van der Waals surface area contributed by atoms with Crippen LogP contribution in [0.2, 0.25) is 0 Å². The van der Waals surface area contributed by atoms with Gasteiger partial charge in [-0.05, 0) is 36.5 Å². The van der Waals surface area contributed by atoms with Crippen molar-refractivity contribution < 1.29 is 28.5 Å². The first-order valence-corrected chi connectivity index (χ1v) is 14.4. The zero-order valence-corrected chi connectivity index (χ0v) is 26.0. The van der Waals surface area contributed by atoms with E-state index in [0.717, 1.165) is 10.2 Å². The number of thiazole rings is 1. The number of amides is 2. The van der Waals surface area contributed by atoms with Crippen LogP contribution in [0.15, 0.2) is 91.0 Å². The van der Waals surface area contributed by atoms with Crippen molar-refractivity contribution in [2.45, 2.75) is 0 Å². The summed E-state index contributed by atoms with van der Waals surface area (Å²) in [5.74, 6) is 2.12. The van der Waals surface area contributed by atoms with E-state index in [0.29, 0.717) is 44.9 Å². The number of nitrogens with one attached hydrogen (secondary N) is 3. The minimum Gasteiger partial charge on any atom is -0.497 e. The fourth-order valence-electron chi connectivity index (χ4n) is 3.87. The Morgan fingerprint density at radius 1 is 0.682 bits per heavy atom. The number of rotatable bonds is 8. The Kier molecular flexibility index (Phi) is 11.0. The van der Waals surface area contributed by atoms with Gasteiger partial charge in [0.15, 0.2) is 10.2 Å². The Morgan fingerprint density at radius 2 is 1.23 bits per heavy atom. The second-order valence-corrected chi connectivity index (χ2v) is 10.3. The fraction of sp³-hybridized carbons (Fsp3) is 0.125. The van der Waals surface area contributed by atoms with Crippen molar-refractivity contribution in [3.05, 3.63) is 102 Å². The van der Waals surface area contributed by atoms with E-state index in [2.05, 4.69) is 20.9 Å². The quantitative estimate of drug-likeness (QED) is 0.167. The standard InChI is InChI=1S/C16H14N2O3S.C16H16N2O3S/c1-20-11-8-12-14(13(9-11)21-2)22-16(17-12)18-15(19)10-6-4-3-5-7-10;1-20-13-8-12(9-14(10-13)21-2)17-16(22)18-15(19)11-6-4-3-5-7-11/h3-9H,1-2H3,(H,17,18,19);3-10H,1-2H3,(H2,17,18,19,22). The number of carbonyl (C=O) groups is 2. The highest BCUT2D eigenvalue weighted by Crippen LogP contribution is 2.37. The highest BCUT2D eigenvalue weighted by Gasteiger charge is 2.14. The van der Waals surface area contributed by atoms with Crippen molar-refractivity contribution in [3.8, 4) is 23.0 Å². The molecule has 1 aromatic heterocycles. The van der Waals surface area contributed by atoms with Gasteiger partial charge in [-0.25, -0.2) is 4.98 Å². The Hall–Kier alpha value is -5.20. The molecule has 2 amide bonds. The van der Waals surface area contributed by atoms with Gasteiger partial charge in [0.1, 0.15) is 23.0 Å². The van der Waals surface area contributed by atoms with Crippen molar-refractivity contribution in [1.82, 2.24) is 10.3 Å². The second kappa shape index (κ2) is 15.3. The predicted octanol–water partition coefficient (Wildman–Crippen LogP) is 6.40. The maximum absolute atomic E-state index is 12.2. The molecule has 0 saturated carbocycles. The number of fused-ring (bicyclic) bond motifs is 1. The van der Waals surface area contributed by atoms with Crippen LogP contribution in [0.4, 0.5) is 10.8 Å². The number of methoxy groups -OCH3 is 4. The monoisotopic (exact) mass is 630 g/mol. The van der Waals surface area contributed by atoms with E-state index in [9.17, 15) is 9.59 Å². The molecule has 0 bridgehead atoms. The van der Waals surface area contributed by atoms with Crippen LogP contribution in [0.5, 0.6) is 23.0 Å². The molecule has 10 nitrogen and oxygen atoms in total. The number of aromatic nitrogens is 1. The molecule has 5 rings (SSSR count). The van der Waals surface area contributed by atoms with E-state index in [-0.39, 0.29) is 16.9 Å². The Bertz CT molecular complexity index is 1720. The summed E-state index contributed by atoms with van der Waals surface area (Å²) in [6.07, 6.45) is 0. The van der Waals surface area contributed by atoms with Crippen molar-refractivity contribution in [2.75, 3.05) is 39.1 Å². The molecule has 0 radical (unpaired) electrons. The lowest BCUT2D eigenvalue weighted by Crippen LogP contribution is -2.34. The lowest BCUT2D eigenvalue weighted by molar-refractivity contribution is 0.0976. The normalized spacial score (nSPS) is 10.1. The number of hydrogen-bond donors (Lipinski definition) is 3. The van der Waals surface area contributed by atoms with Gasteiger partial charge >= 0.3 is 0 Å². The Morgan fingerprint density at radius 3 is 1.77 bits per heavy atom. The van der Waals surface area contributed by atoms with Gasteiger partial charge in [-0.1, -0.05) is 47.7 Å². The molecule has 3 N–H and O–H groups in total. The minimum absolute atomic E-state index is 0.189. The number of carbonyl (C=O) groups excluding carboxylic acids is 2. The topological polar surface area (TPSA) is 120 Å². The second-order valence-electron chi connectivity index (χ2n) is 8.89. The summed E-state index contributed by atoms with van der Waals surface area (Å²) in [7, 11) is 6.31. The lowest BCUT2D eigenvalue weighted by Gasteiger charge is -2.12. The van der Waals surface area contributed by atoms with Crippen LogP contribution in [0.25, 0.3) is 10.2 Å². The third kappa shape index (κ3) is 8.43. The lowest BCUT2D eigenvalue weighted by atomic mass is 10.2. The number of thiocarbonyl (C=S) groups is 1. The summed E-state index contributed by atoms with van der Waals surface area (Å²) in [5.41, 5.74) is 2.51. The number of nitrogens with zero attached hydrogens (tertiary/aromatic N) is 1. The first-order valence-electron chi connectivity index (χ1n) is 13.1. The minimum atomic E-state index is -0.270. The van der Waals surface area contributed by atoms with Crippen molar-refractivity contribution >= 4 is 61.5 Å². The average molecular weight is 631 g/mol. The van der Waals surface area contributed by atoms with Gasteiger partial charge in [0.05, 0.1) is 38.7 Å². The summed E-state index contributed by atoms with van der Waals surface area (Å²) >= 11 is 6.51. The largest absolute Gasteiger partial charge is 0.497 e. The molecule has 1 heterocycles. The molecule has 0 fully saturated rings. The average Bonchev–Trinajstić information content (AvgIpc) is 3.47. The van der Waals surface area contributed by atoms with Crippen LogP contribution < -0.4 is 34.9 Å². The maximum atomic E-state index is 12.2. The van der Waals surface area contributed by atoms with Crippen molar-refractivity contribution in [3.63, 3.8) is 0 Å². The SMILES string of the molecule is COc1cc(NC(=S)NC(=O)c2ccccc2)cc(OC)c1.COc1cc(OC)c2sc(NC(=O)c3ccccc3)nc2c1. The highest BCUT2D eigenvalue weighted by atomic mass is 32.1. The zero-order chi connectivity index (χ0) is 31.5. The van der Waals surface area contributed by atoms with Crippen LogP contribution in [0, 0.1) is 0 Å². The van der Waals surface area contributed by atoms with Gasteiger partial charge in [-0.3, -0.25) is 20.2 Å². The van der Waals surface area contributed by atoms with E-state index in [1.54, 1.807) is 89.1 Å². The predicted molar refractivity (Wildman–Crippen MR) is 177 cm³/mol. The summed E-state index contributed by atoms with van der Waals surface area (Å²) in [6.45, 7) is 0. The molecule has 0 atom stereocenters. The number of anilines is 2. The number of ether oxygens (including phenoxy) is 4. The van der Waals surface area contributed by atoms with Crippen molar-refractivity contribution in [2.24, 2.45) is 0 Å². The molecule has 0 spiro atoms. The molecule has 0 unspecified atom stereocenters. The zero-order valence-electron chi connectivity index (χ0n) is 24.4. The molecule has 5 aromatic rings. The third-order valence-corrected chi connectivity index (χ3v) is 7.22. The van der Waals surface area contributed by atoms with Crippen LogP contribution in [-0.2, 0) is 0 Å². The fourth-order valence-corrected chi connectivity index (χ4v) is 5.01. The highest BCUT2D eigenvalue weighted by molar-refractivity contribution is 7.80. The summed E-state index contributed by atoms with van der Waals surface area (Å²) in [6, 6.07) is 26.7.